The number of nitrogens with zero attached hydrogens (tertiary/aromatic N) is 1. The molecule has 3 nitrogen and oxygen atoms in total. The Labute approximate surface area is 117 Å². The highest BCUT2D eigenvalue weighted by Crippen LogP contribution is 2.17. The van der Waals surface area contributed by atoms with Gasteiger partial charge in [-0.3, -0.25) is 4.79 Å². The van der Waals surface area contributed by atoms with E-state index in [1.54, 1.807) is 0 Å². The van der Waals surface area contributed by atoms with E-state index < -0.39 is 0 Å². The van der Waals surface area contributed by atoms with Gasteiger partial charge in [0, 0.05) is 18.8 Å². The number of carbonyl (C=O) groups excluding carboxylic acids is 1. The van der Waals surface area contributed by atoms with Crippen LogP contribution in [-0.2, 0) is 4.79 Å². The number of aryl methyl sites for hydroxylation is 1. The molecule has 1 rings (SSSR count). The topological polar surface area (TPSA) is 32.3 Å². The fourth-order valence-electron chi connectivity index (χ4n) is 2.13. The molecular weight excluding hydrogens is 236 g/mol. The first kappa shape index (κ1) is 15.5. The zero-order valence-electron chi connectivity index (χ0n) is 12.6. The molecule has 0 unspecified atom stereocenters. The molecule has 1 aromatic rings. The standard InChI is InChI=1S/C16H26N2O/c1-5-10-18(11-6-2)16(19)12-17-15-9-7-8-13(3)14(15)4/h7-9,17H,5-6,10-12H2,1-4H3. The molecule has 0 saturated carbocycles. The van der Waals surface area contributed by atoms with Gasteiger partial charge in [-0.2, -0.15) is 0 Å². The number of amides is 1. The number of carbonyl (C=O) groups is 1. The van der Waals surface area contributed by atoms with Crippen molar-refractivity contribution in [3.63, 3.8) is 0 Å². The van der Waals surface area contributed by atoms with Crippen molar-refractivity contribution in [2.75, 3.05) is 25.0 Å². The van der Waals surface area contributed by atoms with E-state index in [2.05, 4.69) is 39.1 Å². The maximum atomic E-state index is 12.2. The predicted octanol–water partition coefficient (Wildman–Crippen LogP) is 3.36. The minimum absolute atomic E-state index is 0.185. The van der Waals surface area contributed by atoms with Crippen LogP contribution in [0.3, 0.4) is 0 Å². The second-order valence-corrected chi connectivity index (χ2v) is 4.98. The summed E-state index contributed by atoms with van der Waals surface area (Å²) in [6.45, 7) is 10.5. The second-order valence-electron chi connectivity index (χ2n) is 4.98. The Morgan fingerprint density at radius 3 is 2.37 bits per heavy atom. The smallest absolute Gasteiger partial charge is 0.241 e. The molecule has 0 heterocycles. The second kappa shape index (κ2) is 7.82. The lowest BCUT2D eigenvalue weighted by atomic mass is 10.1. The Kier molecular flexibility index (Phi) is 6.40. The third kappa shape index (κ3) is 4.58. The molecular formula is C16H26N2O. The molecule has 19 heavy (non-hydrogen) atoms. The zero-order valence-corrected chi connectivity index (χ0v) is 12.6. The number of benzene rings is 1. The van der Waals surface area contributed by atoms with E-state index in [0.29, 0.717) is 6.54 Å². The first-order valence-corrected chi connectivity index (χ1v) is 7.18. The van der Waals surface area contributed by atoms with Crippen LogP contribution in [0, 0.1) is 13.8 Å². The van der Waals surface area contributed by atoms with E-state index in [4.69, 9.17) is 0 Å². The van der Waals surface area contributed by atoms with E-state index >= 15 is 0 Å². The first-order chi connectivity index (χ1) is 9.10. The van der Waals surface area contributed by atoms with Crippen LogP contribution in [-0.4, -0.2) is 30.4 Å². The van der Waals surface area contributed by atoms with Gasteiger partial charge in [-0.05, 0) is 43.9 Å². The Morgan fingerprint density at radius 2 is 1.79 bits per heavy atom. The summed E-state index contributed by atoms with van der Waals surface area (Å²) in [5.74, 6) is 0.185. The summed E-state index contributed by atoms with van der Waals surface area (Å²) in [6.07, 6.45) is 2.02. The van der Waals surface area contributed by atoms with Crippen LogP contribution in [0.25, 0.3) is 0 Å². The number of hydrogen-bond donors (Lipinski definition) is 1. The predicted molar refractivity (Wildman–Crippen MR) is 81.6 cm³/mol. The van der Waals surface area contributed by atoms with Crippen LogP contribution < -0.4 is 5.32 Å². The highest BCUT2D eigenvalue weighted by atomic mass is 16.2. The van der Waals surface area contributed by atoms with Crippen molar-refractivity contribution >= 4 is 11.6 Å². The average molecular weight is 262 g/mol. The maximum absolute atomic E-state index is 12.2. The molecule has 0 aliphatic carbocycles. The SMILES string of the molecule is CCCN(CCC)C(=O)CNc1cccc(C)c1C. The summed E-state index contributed by atoms with van der Waals surface area (Å²) in [7, 11) is 0. The fraction of sp³-hybridized carbons (Fsp3) is 0.562. The Balaban J connectivity index is 2.59. The summed E-state index contributed by atoms with van der Waals surface area (Å²) < 4.78 is 0. The molecule has 0 aromatic heterocycles. The monoisotopic (exact) mass is 262 g/mol. The van der Waals surface area contributed by atoms with Crippen LogP contribution in [0.5, 0.6) is 0 Å². The van der Waals surface area contributed by atoms with Crippen molar-refractivity contribution in [3.05, 3.63) is 29.3 Å². The van der Waals surface area contributed by atoms with Gasteiger partial charge in [0.2, 0.25) is 5.91 Å². The first-order valence-electron chi connectivity index (χ1n) is 7.18. The van der Waals surface area contributed by atoms with E-state index in [1.807, 2.05) is 17.0 Å². The molecule has 0 aliphatic rings. The van der Waals surface area contributed by atoms with Gasteiger partial charge < -0.3 is 10.2 Å². The molecule has 3 heteroatoms. The summed E-state index contributed by atoms with van der Waals surface area (Å²) in [6, 6.07) is 6.13. The third-order valence-corrected chi connectivity index (χ3v) is 3.37. The molecule has 106 valence electrons. The van der Waals surface area contributed by atoms with Crippen LogP contribution in [0.4, 0.5) is 5.69 Å². The van der Waals surface area contributed by atoms with Crippen LogP contribution in [0.2, 0.25) is 0 Å². The molecule has 0 spiro atoms. The van der Waals surface area contributed by atoms with Gasteiger partial charge in [-0.25, -0.2) is 0 Å². The number of nitrogens with one attached hydrogen (secondary N) is 1. The molecule has 1 amide bonds. The number of rotatable bonds is 7. The summed E-state index contributed by atoms with van der Waals surface area (Å²) in [5, 5.41) is 3.26. The maximum Gasteiger partial charge on any atom is 0.241 e. The highest BCUT2D eigenvalue weighted by molar-refractivity contribution is 5.81. The minimum Gasteiger partial charge on any atom is -0.376 e. The van der Waals surface area contributed by atoms with Crippen LogP contribution in [0.15, 0.2) is 18.2 Å². The van der Waals surface area contributed by atoms with Crippen molar-refractivity contribution in [1.29, 1.82) is 0 Å². The lowest BCUT2D eigenvalue weighted by Gasteiger charge is -2.22. The molecule has 0 radical (unpaired) electrons. The van der Waals surface area contributed by atoms with Gasteiger partial charge in [0.05, 0.1) is 6.54 Å². The van der Waals surface area contributed by atoms with Crippen molar-refractivity contribution in [2.45, 2.75) is 40.5 Å². The number of hydrogen-bond acceptors (Lipinski definition) is 2. The van der Waals surface area contributed by atoms with Crippen LogP contribution >= 0.6 is 0 Å². The lowest BCUT2D eigenvalue weighted by Crippen LogP contribution is -2.36. The van der Waals surface area contributed by atoms with Gasteiger partial charge in [0.1, 0.15) is 0 Å². The van der Waals surface area contributed by atoms with Crippen molar-refractivity contribution in [1.82, 2.24) is 4.90 Å². The zero-order chi connectivity index (χ0) is 14.3. The molecule has 0 aliphatic heterocycles. The van der Waals surface area contributed by atoms with E-state index in [-0.39, 0.29) is 5.91 Å². The summed E-state index contributed by atoms with van der Waals surface area (Å²) in [5.41, 5.74) is 3.52. The van der Waals surface area contributed by atoms with Crippen LogP contribution in [0.1, 0.15) is 37.8 Å². The van der Waals surface area contributed by atoms with Gasteiger partial charge in [0.15, 0.2) is 0 Å². The molecule has 0 fully saturated rings. The third-order valence-electron chi connectivity index (χ3n) is 3.37. The molecule has 0 atom stereocenters. The van der Waals surface area contributed by atoms with Crippen molar-refractivity contribution in [3.8, 4) is 0 Å². The summed E-state index contributed by atoms with van der Waals surface area (Å²) >= 11 is 0. The van der Waals surface area contributed by atoms with Gasteiger partial charge in [-0.1, -0.05) is 26.0 Å². The van der Waals surface area contributed by atoms with E-state index in [1.165, 1.54) is 11.1 Å². The van der Waals surface area contributed by atoms with Crippen molar-refractivity contribution < 1.29 is 4.79 Å². The Bertz CT molecular complexity index is 409. The van der Waals surface area contributed by atoms with Gasteiger partial charge in [-0.15, -0.1) is 0 Å². The summed E-state index contributed by atoms with van der Waals surface area (Å²) in [4.78, 5) is 14.1. The highest BCUT2D eigenvalue weighted by Gasteiger charge is 2.11. The lowest BCUT2D eigenvalue weighted by molar-refractivity contribution is -0.129. The van der Waals surface area contributed by atoms with Crippen molar-refractivity contribution in [2.24, 2.45) is 0 Å². The Morgan fingerprint density at radius 1 is 1.16 bits per heavy atom. The van der Waals surface area contributed by atoms with Gasteiger partial charge in [0.25, 0.3) is 0 Å². The molecule has 0 saturated heterocycles. The normalized spacial score (nSPS) is 10.3. The van der Waals surface area contributed by atoms with E-state index in [0.717, 1.165) is 31.6 Å². The molecule has 1 N–H and O–H groups in total. The number of anilines is 1. The van der Waals surface area contributed by atoms with E-state index in [9.17, 15) is 4.79 Å². The van der Waals surface area contributed by atoms with Gasteiger partial charge >= 0.3 is 0 Å². The molecule has 1 aromatic carbocycles. The average Bonchev–Trinajstić information content (AvgIpc) is 2.40. The molecule has 0 bridgehead atoms. The quantitative estimate of drug-likeness (QED) is 0.817. The Hall–Kier alpha value is -1.51. The largest absolute Gasteiger partial charge is 0.376 e. The fourth-order valence-corrected chi connectivity index (χ4v) is 2.13. The minimum atomic E-state index is 0.185.